The van der Waals surface area contributed by atoms with E-state index in [4.69, 9.17) is 9.84 Å². The van der Waals surface area contributed by atoms with E-state index in [1.165, 1.54) is 0 Å². The number of ether oxygens (including phenoxy) is 1. The Morgan fingerprint density at radius 1 is 1.00 bits per heavy atom. The standard InChI is InChI=1S/C9H19NO3/c11-7-3-1-2-4-8-13-9-5-6-10-12/h11H,1-9H2. The van der Waals surface area contributed by atoms with Crippen molar-refractivity contribution in [1.29, 1.82) is 0 Å². The lowest BCUT2D eigenvalue weighted by Crippen LogP contribution is -1.98. The Labute approximate surface area is 79.3 Å². The minimum absolute atomic E-state index is 0.284. The van der Waals surface area contributed by atoms with Crippen LogP contribution in [0.3, 0.4) is 0 Å². The zero-order chi connectivity index (χ0) is 9.78. The van der Waals surface area contributed by atoms with E-state index in [1.807, 2.05) is 0 Å². The van der Waals surface area contributed by atoms with Crippen LogP contribution in [0.2, 0.25) is 0 Å². The molecule has 4 heteroatoms. The Kier molecular flexibility index (Phi) is 11.1. The smallest absolute Gasteiger partial charge is 0.0833 e. The van der Waals surface area contributed by atoms with Crippen LogP contribution in [0.1, 0.15) is 32.1 Å². The average Bonchev–Trinajstić information content (AvgIpc) is 2.16. The van der Waals surface area contributed by atoms with Gasteiger partial charge in [-0.1, -0.05) is 18.0 Å². The van der Waals surface area contributed by atoms with Crippen molar-refractivity contribution < 1.29 is 9.84 Å². The van der Waals surface area contributed by atoms with Crippen LogP contribution >= 0.6 is 0 Å². The monoisotopic (exact) mass is 189 g/mol. The lowest BCUT2D eigenvalue weighted by atomic mass is 10.2. The van der Waals surface area contributed by atoms with Crippen LogP contribution in [0.4, 0.5) is 0 Å². The molecule has 0 aliphatic carbocycles. The fraction of sp³-hybridized carbons (Fsp3) is 1.00. The van der Waals surface area contributed by atoms with Gasteiger partial charge in [0.2, 0.25) is 0 Å². The number of rotatable bonds is 10. The van der Waals surface area contributed by atoms with Crippen molar-refractivity contribution in [2.24, 2.45) is 5.18 Å². The fourth-order valence-corrected chi connectivity index (χ4v) is 1.00. The van der Waals surface area contributed by atoms with Crippen molar-refractivity contribution in [3.05, 3.63) is 4.91 Å². The van der Waals surface area contributed by atoms with Gasteiger partial charge in [-0.15, -0.1) is 0 Å². The minimum atomic E-state index is 0.284. The molecule has 0 rings (SSSR count). The summed E-state index contributed by atoms with van der Waals surface area (Å²) < 4.78 is 5.25. The van der Waals surface area contributed by atoms with Gasteiger partial charge in [-0.25, -0.2) is 0 Å². The van der Waals surface area contributed by atoms with E-state index in [0.29, 0.717) is 13.2 Å². The number of nitrogens with zero attached hydrogens (tertiary/aromatic N) is 1. The van der Waals surface area contributed by atoms with E-state index in [9.17, 15) is 4.91 Å². The third-order valence-electron chi connectivity index (χ3n) is 1.73. The van der Waals surface area contributed by atoms with E-state index in [2.05, 4.69) is 5.18 Å². The lowest BCUT2D eigenvalue weighted by Gasteiger charge is -2.01. The SMILES string of the molecule is O=NCCCOCCCCCCO. The molecular weight excluding hydrogens is 170 g/mol. The van der Waals surface area contributed by atoms with Crippen molar-refractivity contribution in [3.63, 3.8) is 0 Å². The second kappa shape index (κ2) is 11.5. The highest BCUT2D eigenvalue weighted by Crippen LogP contribution is 1.99. The molecule has 0 atom stereocenters. The van der Waals surface area contributed by atoms with Crippen LogP contribution in [-0.4, -0.2) is 31.5 Å². The number of aliphatic hydroxyl groups excluding tert-OH is 1. The molecule has 0 aliphatic heterocycles. The molecule has 78 valence electrons. The molecule has 0 aromatic heterocycles. The van der Waals surface area contributed by atoms with Gasteiger partial charge in [0, 0.05) is 19.8 Å². The molecule has 0 aliphatic rings. The Morgan fingerprint density at radius 3 is 2.38 bits per heavy atom. The second-order valence-corrected chi connectivity index (χ2v) is 2.96. The summed E-state index contributed by atoms with van der Waals surface area (Å²) >= 11 is 0. The van der Waals surface area contributed by atoms with Gasteiger partial charge in [0.15, 0.2) is 0 Å². The van der Waals surface area contributed by atoms with Crippen molar-refractivity contribution in [1.82, 2.24) is 0 Å². The van der Waals surface area contributed by atoms with Crippen LogP contribution in [-0.2, 0) is 4.74 Å². The maximum Gasteiger partial charge on any atom is 0.0833 e. The summed E-state index contributed by atoms with van der Waals surface area (Å²) in [7, 11) is 0. The van der Waals surface area contributed by atoms with Gasteiger partial charge in [0.1, 0.15) is 0 Å². The molecule has 0 radical (unpaired) electrons. The van der Waals surface area contributed by atoms with Crippen LogP contribution in [0.25, 0.3) is 0 Å². The molecule has 0 amide bonds. The summed E-state index contributed by atoms with van der Waals surface area (Å²) in [4.78, 5) is 9.68. The number of aliphatic hydroxyl groups is 1. The predicted molar refractivity (Wildman–Crippen MR) is 51.7 cm³/mol. The summed E-state index contributed by atoms with van der Waals surface area (Å²) in [6.45, 7) is 2.02. The van der Waals surface area contributed by atoms with Gasteiger partial charge in [-0.3, -0.25) is 0 Å². The molecule has 0 saturated carbocycles. The van der Waals surface area contributed by atoms with Crippen molar-refractivity contribution >= 4 is 0 Å². The molecule has 4 nitrogen and oxygen atoms in total. The third kappa shape index (κ3) is 11.5. The van der Waals surface area contributed by atoms with Crippen LogP contribution in [0.15, 0.2) is 5.18 Å². The maximum atomic E-state index is 9.68. The fourth-order valence-electron chi connectivity index (χ4n) is 1.00. The zero-order valence-electron chi connectivity index (χ0n) is 8.07. The Balaban J connectivity index is 2.79. The first-order valence-corrected chi connectivity index (χ1v) is 4.89. The Morgan fingerprint density at radius 2 is 1.69 bits per heavy atom. The molecule has 1 N–H and O–H groups in total. The molecule has 0 aromatic rings. The van der Waals surface area contributed by atoms with Gasteiger partial charge < -0.3 is 9.84 Å². The van der Waals surface area contributed by atoms with Crippen molar-refractivity contribution in [2.45, 2.75) is 32.1 Å². The highest BCUT2D eigenvalue weighted by Gasteiger charge is 1.90. The first-order chi connectivity index (χ1) is 6.41. The molecule has 0 saturated heterocycles. The quantitative estimate of drug-likeness (QED) is 0.420. The van der Waals surface area contributed by atoms with Crippen LogP contribution in [0, 0.1) is 4.91 Å². The number of hydrogen-bond acceptors (Lipinski definition) is 4. The molecule has 0 unspecified atom stereocenters. The van der Waals surface area contributed by atoms with Gasteiger partial charge >= 0.3 is 0 Å². The molecule has 0 fully saturated rings. The van der Waals surface area contributed by atoms with E-state index >= 15 is 0 Å². The number of nitroso groups, excluding NO2 is 1. The summed E-state index contributed by atoms with van der Waals surface area (Å²) in [5.41, 5.74) is 0. The van der Waals surface area contributed by atoms with Gasteiger partial charge in [-0.2, -0.15) is 4.91 Å². The first kappa shape index (κ1) is 12.5. The molecule has 0 bridgehead atoms. The zero-order valence-corrected chi connectivity index (χ0v) is 8.07. The molecular formula is C9H19NO3. The maximum absolute atomic E-state index is 9.68. The summed E-state index contributed by atoms with van der Waals surface area (Å²) in [6.07, 6.45) is 4.81. The largest absolute Gasteiger partial charge is 0.396 e. The predicted octanol–water partition coefficient (Wildman–Crippen LogP) is 1.71. The second-order valence-electron chi connectivity index (χ2n) is 2.96. The van der Waals surface area contributed by atoms with E-state index in [0.717, 1.165) is 38.7 Å². The summed E-state index contributed by atoms with van der Waals surface area (Å²) in [5.74, 6) is 0. The van der Waals surface area contributed by atoms with Gasteiger partial charge in [0.05, 0.1) is 6.54 Å². The minimum Gasteiger partial charge on any atom is -0.396 e. The van der Waals surface area contributed by atoms with Gasteiger partial charge in [0.25, 0.3) is 0 Å². The molecule has 0 aromatic carbocycles. The summed E-state index contributed by atoms with van der Waals surface area (Å²) in [5, 5.41) is 11.2. The molecule has 0 heterocycles. The van der Waals surface area contributed by atoms with Crippen LogP contribution < -0.4 is 0 Å². The average molecular weight is 189 g/mol. The summed E-state index contributed by atoms with van der Waals surface area (Å²) in [6, 6.07) is 0. The third-order valence-corrected chi connectivity index (χ3v) is 1.73. The topological polar surface area (TPSA) is 58.9 Å². The van der Waals surface area contributed by atoms with E-state index < -0.39 is 0 Å². The van der Waals surface area contributed by atoms with Crippen molar-refractivity contribution in [3.8, 4) is 0 Å². The molecule has 0 spiro atoms. The number of unbranched alkanes of at least 4 members (excludes halogenated alkanes) is 3. The normalized spacial score (nSPS) is 10.2. The van der Waals surface area contributed by atoms with Crippen molar-refractivity contribution in [2.75, 3.05) is 26.4 Å². The van der Waals surface area contributed by atoms with Gasteiger partial charge in [-0.05, 0) is 19.3 Å². The van der Waals surface area contributed by atoms with E-state index in [-0.39, 0.29) is 6.61 Å². The van der Waals surface area contributed by atoms with Crippen LogP contribution in [0.5, 0.6) is 0 Å². The van der Waals surface area contributed by atoms with E-state index in [1.54, 1.807) is 0 Å². The Hall–Kier alpha value is -0.480. The first-order valence-electron chi connectivity index (χ1n) is 4.89. The Bertz CT molecular complexity index is 109. The molecule has 13 heavy (non-hydrogen) atoms. The highest BCUT2D eigenvalue weighted by molar-refractivity contribution is 4.43. The highest BCUT2D eigenvalue weighted by atomic mass is 16.5. The lowest BCUT2D eigenvalue weighted by molar-refractivity contribution is 0.128. The number of hydrogen-bond donors (Lipinski definition) is 1.